The Morgan fingerprint density at radius 1 is 1.12 bits per heavy atom. The summed E-state index contributed by atoms with van der Waals surface area (Å²) in [6.45, 7) is 2.23. The normalized spacial score (nSPS) is 16.7. The molecule has 0 heterocycles. The zero-order chi connectivity index (χ0) is 11.5. The van der Waals surface area contributed by atoms with Crippen molar-refractivity contribution in [1.29, 1.82) is 0 Å². The monoisotopic (exact) mass is 221 g/mol. The van der Waals surface area contributed by atoms with Gasteiger partial charge in [0.2, 0.25) is 0 Å². The van der Waals surface area contributed by atoms with E-state index in [0.29, 0.717) is 6.04 Å². The van der Waals surface area contributed by atoms with Gasteiger partial charge in [-0.2, -0.15) is 0 Å². The van der Waals surface area contributed by atoms with Crippen LogP contribution in [0.25, 0.3) is 0 Å². The number of hydrogen-bond acceptors (Lipinski definition) is 3. The van der Waals surface area contributed by atoms with Gasteiger partial charge in [0.05, 0.1) is 14.2 Å². The molecule has 0 aromatic heterocycles. The summed E-state index contributed by atoms with van der Waals surface area (Å²) in [6, 6.07) is 6.41. The van der Waals surface area contributed by atoms with Gasteiger partial charge in [0.1, 0.15) is 11.5 Å². The van der Waals surface area contributed by atoms with Gasteiger partial charge in [0, 0.05) is 29.9 Å². The lowest BCUT2D eigenvalue weighted by Crippen LogP contribution is -2.17. The van der Waals surface area contributed by atoms with E-state index in [4.69, 9.17) is 9.47 Å². The Morgan fingerprint density at radius 3 is 2.12 bits per heavy atom. The predicted octanol–water partition coefficient (Wildman–Crippen LogP) is 2.91. The molecule has 0 bridgehead atoms. The molecule has 0 aliphatic heterocycles. The summed E-state index contributed by atoms with van der Waals surface area (Å²) in [5.41, 5.74) is 1.07. The van der Waals surface area contributed by atoms with Crippen LogP contribution in [0.5, 0.6) is 11.5 Å². The van der Waals surface area contributed by atoms with Crippen molar-refractivity contribution >= 4 is 5.69 Å². The molecule has 3 heteroatoms. The maximum absolute atomic E-state index is 5.24. The first-order valence-corrected chi connectivity index (χ1v) is 5.72. The topological polar surface area (TPSA) is 30.5 Å². The van der Waals surface area contributed by atoms with Crippen LogP contribution in [-0.2, 0) is 0 Å². The summed E-state index contributed by atoms with van der Waals surface area (Å²) in [6.07, 6.45) is 2.69. The van der Waals surface area contributed by atoms with Gasteiger partial charge in [-0.3, -0.25) is 0 Å². The maximum atomic E-state index is 5.24. The number of benzene rings is 1. The van der Waals surface area contributed by atoms with E-state index in [1.54, 1.807) is 14.2 Å². The second-order valence-corrected chi connectivity index (χ2v) is 4.37. The van der Waals surface area contributed by atoms with Crippen molar-refractivity contribution in [3.05, 3.63) is 18.2 Å². The fourth-order valence-corrected chi connectivity index (χ4v) is 1.87. The minimum atomic E-state index is 0.525. The van der Waals surface area contributed by atoms with Crippen molar-refractivity contribution < 1.29 is 9.47 Å². The van der Waals surface area contributed by atoms with Crippen molar-refractivity contribution in [3.8, 4) is 11.5 Å². The van der Waals surface area contributed by atoms with E-state index in [1.807, 2.05) is 18.2 Å². The van der Waals surface area contributed by atoms with E-state index in [-0.39, 0.29) is 0 Å². The number of anilines is 1. The van der Waals surface area contributed by atoms with E-state index in [9.17, 15) is 0 Å². The molecule has 0 amide bonds. The highest BCUT2D eigenvalue weighted by molar-refractivity contribution is 5.54. The van der Waals surface area contributed by atoms with Crippen LogP contribution in [0.2, 0.25) is 0 Å². The lowest BCUT2D eigenvalue weighted by Gasteiger charge is -2.16. The summed E-state index contributed by atoms with van der Waals surface area (Å²) in [7, 11) is 3.34. The molecule has 88 valence electrons. The van der Waals surface area contributed by atoms with Gasteiger partial charge in [-0.1, -0.05) is 0 Å². The minimum absolute atomic E-state index is 0.525. The van der Waals surface area contributed by atoms with Crippen molar-refractivity contribution in [2.45, 2.75) is 25.8 Å². The summed E-state index contributed by atoms with van der Waals surface area (Å²) in [5.74, 6) is 2.48. The van der Waals surface area contributed by atoms with Crippen molar-refractivity contribution in [2.24, 2.45) is 5.92 Å². The number of nitrogens with one attached hydrogen (secondary N) is 1. The van der Waals surface area contributed by atoms with Crippen LogP contribution < -0.4 is 14.8 Å². The Hall–Kier alpha value is -1.38. The lowest BCUT2D eigenvalue weighted by atomic mass is 10.2. The third-order valence-electron chi connectivity index (χ3n) is 3.07. The summed E-state index contributed by atoms with van der Waals surface area (Å²) in [4.78, 5) is 0. The predicted molar refractivity (Wildman–Crippen MR) is 65.4 cm³/mol. The van der Waals surface area contributed by atoms with Gasteiger partial charge in [0.15, 0.2) is 0 Å². The molecule has 2 rings (SSSR count). The van der Waals surface area contributed by atoms with Crippen LogP contribution in [0, 0.1) is 5.92 Å². The second-order valence-electron chi connectivity index (χ2n) is 4.37. The van der Waals surface area contributed by atoms with Crippen LogP contribution in [0.4, 0.5) is 5.69 Å². The van der Waals surface area contributed by atoms with Gasteiger partial charge in [0.25, 0.3) is 0 Å². The first-order chi connectivity index (χ1) is 7.72. The average molecular weight is 221 g/mol. The number of hydrogen-bond donors (Lipinski definition) is 1. The SMILES string of the molecule is COc1cc(NC(C)C2CC2)cc(OC)c1. The first-order valence-electron chi connectivity index (χ1n) is 5.72. The zero-order valence-electron chi connectivity index (χ0n) is 10.1. The summed E-state index contributed by atoms with van der Waals surface area (Å²) in [5, 5.41) is 3.49. The molecule has 0 saturated heterocycles. The molecule has 1 aromatic rings. The molecule has 3 nitrogen and oxygen atoms in total. The minimum Gasteiger partial charge on any atom is -0.497 e. The van der Waals surface area contributed by atoms with E-state index in [1.165, 1.54) is 12.8 Å². The quantitative estimate of drug-likeness (QED) is 0.829. The van der Waals surface area contributed by atoms with E-state index >= 15 is 0 Å². The Balaban J connectivity index is 2.11. The van der Waals surface area contributed by atoms with Gasteiger partial charge in [-0.05, 0) is 25.7 Å². The molecular weight excluding hydrogens is 202 g/mol. The van der Waals surface area contributed by atoms with Crippen LogP contribution in [-0.4, -0.2) is 20.3 Å². The van der Waals surface area contributed by atoms with Gasteiger partial charge < -0.3 is 14.8 Å². The molecule has 1 aliphatic carbocycles. The standard InChI is InChI=1S/C13H19NO2/c1-9(10-4-5-10)14-11-6-12(15-2)8-13(7-11)16-3/h6-10,14H,4-5H2,1-3H3. The molecule has 0 radical (unpaired) electrons. The third-order valence-corrected chi connectivity index (χ3v) is 3.07. The molecular formula is C13H19NO2. The zero-order valence-corrected chi connectivity index (χ0v) is 10.1. The fraction of sp³-hybridized carbons (Fsp3) is 0.538. The maximum Gasteiger partial charge on any atom is 0.124 e. The average Bonchev–Trinajstić information content (AvgIpc) is 3.12. The van der Waals surface area contributed by atoms with E-state index < -0.39 is 0 Å². The Kier molecular flexibility index (Phi) is 3.22. The Bertz CT molecular complexity index is 339. The molecule has 1 N–H and O–H groups in total. The molecule has 1 atom stereocenters. The molecule has 1 saturated carbocycles. The highest BCUT2D eigenvalue weighted by atomic mass is 16.5. The van der Waals surface area contributed by atoms with Crippen LogP contribution in [0.15, 0.2) is 18.2 Å². The van der Waals surface area contributed by atoms with Crippen LogP contribution >= 0.6 is 0 Å². The largest absolute Gasteiger partial charge is 0.497 e. The summed E-state index contributed by atoms with van der Waals surface area (Å²) < 4.78 is 10.5. The molecule has 0 spiro atoms. The van der Waals surface area contributed by atoms with Gasteiger partial charge in [-0.25, -0.2) is 0 Å². The number of rotatable bonds is 5. The third kappa shape index (κ3) is 2.60. The highest BCUT2D eigenvalue weighted by Crippen LogP contribution is 2.35. The fourth-order valence-electron chi connectivity index (χ4n) is 1.87. The van der Waals surface area contributed by atoms with Gasteiger partial charge >= 0.3 is 0 Å². The molecule has 1 aliphatic rings. The molecule has 16 heavy (non-hydrogen) atoms. The van der Waals surface area contributed by atoms with Gasteiger partial charge in [-0.15, -0.1) is 0 Å². The van der Waals surface area contributed by atoms with Crippen molar-refractivity contribution in [1.82, 2.24) is 0 Å². The number of methoxy groups -OCH3 is 2. The van der Waals surface area contributed by atoms with Crippen LogP contribution in [0.3, 0.4) is 0 Å². The van der Waals surface area contributed by atoms with Crippen LogP contribution in [0.1, 0.15) is 19.8 Å². The molecule has 1 aromatic carbocycles. The smallest absolute Gasteiger partial charge is 0.124 e. The first kappa shape index (κ1) is 11.1. The van der Waals surface area contributed by atoms with Crippen molar-refractivity contribution in [2.75, 3.05) is 19.5 Å². The van der Waals surface area contributed by atoms with Crippen molar-refractivity contribution in [3.63, 3.8) is 0 Å². The molecule has 1 unspecified atom stereocenters. The Labute approximate surface area is 96.8 Å². The highest BCUT2D eigenvalue weighted by Gasteiger charge is 2.27. The van der Waals surface area contributed by atoms with E-state index in [2.05, 4.69) is 12.2 Å². The summed E-state index contributed by atoms with van der Waals surface area (Å²) >= 11 is 0. The molecule has 1 fully saturated rings. The Morgan fingerprint density at radius 2 is 1.69 bits per heavy atom. The number of ether oxygens (including phenoxy) is 2. The lowest BCUT2D eigenvalue weighted by molar-refractivity contribution is 0.394. The second kappa shape index (κ2) is 4.64. The van der Waals surface area contributed by atoms with E-state index in [0.717, 1.165) is 23.1 Å².